The third-order valence-corrected chi connectivity index (χ3v) is 6.42. The number of hydrogen-bond donors (Lipinski definition) is 2. The Morgan fingerprint density at radius 3 is 2.86 bits per heavy atom. The summed E-state index contributed by atoms with van der Waals surface area (Å²) in [7, 11) is 0. The van der Waals surface area contributed by atoms with Gasteiger partial charge in [0.15, 0.2) is 0 Å². The first kappa shape index (κ1) is 19.2. The van der Waals surface area contributed by atoms with Crippen LogP contribution in [-0.4, -0.2) is 27.6 Å². The summed E-state index contributed by atoms with van der Waals surface area (Å²) in [6, 6.07) is 2.61. The summed E-state index contributed by atoms with van der Waals surface area (Å²) < 4.78 is 2.30. The van der Waals surface area contributed by atoms with Crippen LogP contribution in [-0.2, 0) is 0 Å². The van der Waals surface area contributed by atoms with E-state index < -0.39 is 0 Å². The van der Waals surface area contributed by atoms with Crippen LogP contribution in [0.5, 0.6) is 0 Å². The number of fused-ring (bicyclic) bond motifs is 1. The highest BCUT2D eigenvalue weighted by atomic mass is 15.2. The van der Waals surface area contributed by atoms with Crippen LogP contribution >= 0.6 is 0 Å². The van der Waals surface area contributed by atoms with Gasteiger partial charge in [-0.25, -0.2) is 4.98 Å². The van der Waals surface area contributed by atoms with Crippen molar-refractivity contribution in [3.8, 4) is 0 Å². The average Bonchev–Trinajstić information content (AvgIpc) is 3.14. The average molecular weight is 380 g/mol. The van der Waals surface area contributed by atoms with Crippen LogP contribution in [0.2, 0.25) is 0 Å². The fourth-order valence-corrected chi connectivity index (χ4v) is 4.63. The van der Waals surface area contributed by atoms with Crippen LogP contribution in [0.4, 0.5) is 5.95 Å². The zero-order valence-corrected chi connectivity index (χ0v) is 17.4. The minimum atomic E-state index is 0.465. The van der Waals surface area contributed by atoms with Gasteiger partial charge in [-0.15, -0.1) is 0 Å². The number of piperidine rings is 1. The molecule has 1 fully saturated rings. The normalized spacial score (nSPS) is 23.0. The highest BCUT2D eigenvalue weighted by Crippen LogP contribution is 2.32. The van der Waals surface area contributed by atoms with E-state index in [9.17, 15) is 0 Å². The largest absolute Gasteiger partial charge is 0.329 e. The molecule has 0 saturated carbocycles. The third-order valence-electron chi connectivity index (χ3n) is 6.42. The Labute approximate surface area is 168 Å². The summed E-state index contributed by atoms with van der Waals surface area (Å²) >= 11 is 0. The quantitative estimate of drug-likeness (QED) is 0.737. The minimum absolute atomic E-state index is 0.465. The summed E-state index contributed by atoms with van der Waals surface area (Å²) in [6.45, 7) is 9.07. The molecule has 1 saturated heterocycles. The van der Waals surface area contributed by atoms with Gasteiger partial charge in [0.2, 0.25) is 5.95 Å². The van der Waals surface area contributed by atoms with Crippen molar-refractivity contribution < 1.29 is 0 Å². The van der Waals surface area contributed by atoms with Crippen molar-refractivity contribution in [3.63, 3.8) is 0 Å². The predicted molar refractivity (Wildman–Crippen MR) is 116 cm³/mol. The third kappa shape index (κ3) is 3.86. The molecule has 0 amide bonds. The van der Waals surface area contributed by atoms with Crippen molar-refractivity contribution in [2.24, 2.45) is 11.8 Å². The van der Waals surface area contributed by atoms with Crippen molar-refractivity contribution in [1.29, 1.82) is 0 Å². The number of anilines is 1. The van der Waals surface area contributed by atoms with Crippen molar-refractivity contribution in [3.05, 3.63) is 41.9 Å². The number of allylic oxidation sites excluding steroid dienone is 3. The molecule has 5 heteroatoms. The maximum absolute atomic E-state index is 4.86. The van der Waals surface area contributed by atoms with E-state index in [2.05, 4.69) is 65.4 Å². The van der Waals surface area contributed by atoms with Gasteiger partial charge in [0.05, 0.1) is 0 Å². The van der Waals surface area contributed by atoms with Crippen LogP contribution in [0.1, 0.15) is 58.9 Å². The Bertz CT molecular complexity index is 868. The lowest BCUT2D eigenvalue weighted by Gasteiger charge is -2.30. The molecular weight excluding hydrogens is 346 g/mol. The lowest BCUT2D eigenvalue weighted by molar-refractivity contribution is 0.404. The van der Waals surface area contributed by atoms with Gasteiger partial charge in [0.1, 0.15) is 5.65 Å². The SMILES string of the molecule is CCC(CC)n1ccc2cnc(NC3=CC=C(C4CCCNC4)CC3C)nc21. The first-order valence-electron chi connectivity index (χ1n) is 10.9. The molecule has 1 aliphatic heterocycles. The number of nitrogens with one attached hydrogen (secondary N) is 2. The Balaban J connectivity index is 1.55. The number of aromatic nitrogens is 3. The molecule has 5 nitrogen and oxygen atoms in total. The van der Waals surface area contributed by atoms with E-state index in [0.29, 0.717) is 23.8 Å². The molecule has 150 valence electrons. The van der Waals surface area contributed by atoms with Gasteiger partial charge in [-0.3, -0.25) is 0 Å². The van der Waals surface area contributed by atoms with E-state index in [-0.39, 0.29) is 0 Å². The zero-order valence-electron chi connectivity index (χ0n) is 17.4. The second kappa shape index (κ2) is 8.48. The molecule has 0 spiro atoms. The van der Waals surface area contributed by atoms with Gasteiger partial charge < -0.3 is 15.2 Å². The molecule has 1 aliphatic carbocycles. The summed E-state index contributed by atoms with van der Waals surface area (Å²) in [5.74, 6) is 1.87. The predicted octanol–water partition coefficient (Wildman–Crippen LogP) is 5.05. The smallest absolute Gasteiger partial charge is 0.228 e. The van der Waals surface area contributed by atoms with Crippen LogP contribution in [0.15, 0.2) is 41.9 Å². The fraction of sp³-hybridized carbons (Fsp3) is 0.565. The van der Waals surface area contributed by atoms with Gasteiger partial charge >= 0.3 is 0 Å². The maximum atomic E-state index is 4.86. The minimum Gasteiger partial charge on any atom is -0.329 e. The summed E-state index contributed by atoms with van der Waals surface area (Å²) in [4.78, 5) is 9.42. The van der Waals surface area contributed by atoms with E-state index >= 15 is 0 Å². The number of hydrogen-bond acceptors (Lipinski definition) is 4. The van der Waals surface area contributed by atoms with Gasteiger partial charge in [-0.05, 0) is 62.6 Å². The molecule has 28 heavy (non-hydrogen) atoms. The first-order chi connectivity index (χ1) is 13.7. The molecule has 3 heterocycles. The van der Waals surface area contributed by atoms with Gasteiger partial charge in [-0.2, -0.15) is 4.98 Å². The fourth-order valence-electron chi connectivity index (χ4n) is 4.63. The van der Waals surface area contributed by atoms with Crippen molar-refractivity contribution >= 4 is 17.0 Å². The molecule has 2 aromatic rings. The molecular formula is C23H33N5. The molecule has 2 aromatic heterocycles. The topological polar surface area (TPSA) is 54.8 Å². The van der Waals surface area contributed by atoms with E-state index in [1.54, 1.807) is 5.57 Å². The standard InChI is InChI=1S/C23H33N5/c1-4-20(5-2)28-12-10-19-15-25-23(27-22(19)28)26-21-9-8-17(13-16(21)3)18-7-6-11-24-14-18/h8-10,12,15-16,18,20,24H,4-7,11,13-14H2,1-3H3,(H,25,26,27). The zero-order chi connectivity index (χ0) is 19.5. The van der Waals surface area contributed by atoms with Crippen LogP contribution in [0.25, 0.3) is 11.0 Å². The van der Waals surface area contributed by atoms with Crippen LogP contribution in [0, 0.1) is 11.8 Å². The lowest BCUT2D eigenvalue weighted by atomic mass is 9.82. The second-order valence-electron chi connectivity index (χ2n) is 8.30. The van der Waals surface area contributed by atoms with Crippen molar-refractivity contribution in [2.75, 3.05) is 18.4 Å². The molecule has 2 unspecified atom stereocenters. The molecule has 2 aliphatic rings. The number of nitrogens with zero attached hydrogens (tertiary/aromatic N) is 3. The Morgan fingerprint density at radius 1 is 1.29 bits per heavy atom. The van der Waals surface area contributed by atoms with Gasteiger partial charge in [-0.1, -0.05) is 32.4 Å². The van der Waals surface area contributed by atoms with E-state index in [1.165, 1.54) is 25.1 Å². The van der Waals surface area contributed by atoms with Crippen LogP contribution < -0.4 is 10.6 Å². The molecule has 2 N–H and O–H groups in total. The van der Waals surface area contributed by atoms with Crippen molar-refractivity contribution in [2.45, 2.75) is 58.9 Å². The van der Waals surface area contributed by atoms with E-state index in [4.69, 9.17) is 4.98 Å². The Kier molecular flexibility index (Phi) is 5.81. The highest BCUT2D eigenvalue weighted by Gasteiger charge is 2.23. The highest BCUT2D eigenvalue weighted by molar-refractivity contribution is 5.76. The molecule has 0 radical (unpaired) electrons. The van der Waals surface area contributed by atoms with Gasteiger partial charge in [0.25, 0.3) is 0 Å². The van der Waals surface area contributed by atoms with E-state index in [0.717, 1.165) is 36.8 Å². The van der Waals surface area contributed by atoms with Crippen molar-refractivity contribution in [1.82, 2.24) is 19.9 Å². The molecule has 4 rings (SSSR count). The summed E-state index contributed by atoms with van der Waals surface area (Å²) in [6.07, 6.45) is 14.6. The molecule has 0 bridgehead atoms. The molecule has 0 aromatic carbocycles. The second-order valence-corrected chi connectivity index (χ2v) is 8.30. The Hall–Kier alpha value is -2.14. The summed E-state index contributed by atoms with van der Waals surface area (Å²) in [5.41, 5.74) is 3.83. The monoisotopic (exact) mass is 379 g/mol. The lowest BCUT2D eigenvalue weighted by Crippen LogP contribution is -2.32. The maximum Gasteiger partial charge on any atom is 0.228 e. The Morgan fingerprint density at radius 2 is 2.14 bits per heavy atom. The van der Waals surface area contributed by atoms with E-state index in [1.807, 2.05) is 6.20 Å². The van der Waals surface area contributed by atoms with Gasteiger partial charge in [0, 0.05) is 36.1 Å². The first-order valence-corrected chi connectivity index (χ1v) is 10.9. The van der Waals surface area contributed by atoms with Crippen LogP contribution in [0.3, 0.4) is 0 Å². The molecule has 2 atom stereocenters. The number of rotatable bonds is 6. The summed E-state index contributed by atoms with van der Waals surface area (Å²) in [5, 5.41) is 8.15.